The van der Waals surface area contributed by atoms with Crippen LogP contribution in [0.5, 0.6) is 11.5 Å². The maximum Gasteiger partial charge on any atom is 0.329 e. The number of benzene rings is 3. The predicted octanol–water partition coefficient (Wildman–Crippen LogP) is 10.6. The summed E-state index contributed by atoms with van der Waals surface area (Å²) >= 11 is 18.0. The lowest BCUT2D eigenvalue weighted by atomic mass is 9.77. The third-order valence-corrected chi connectivity index (χ3v) is 9.25. The number of carbonyl (C=O) groups is 2. The summed E-state index contributed by atoms with van der Waals surface area (Å²) in [6.45, 7) is 20.6. The van der Waals surface area contributed by atoms with Crippen LogP contribution in [0.4, 0.5) is 4.79 Å². The molecule has 0 fully saturated rings. The van der Waals surface area contributed by atoms with Crippen LogP contribution in [0.3, 0.4) is 0 Å². The van der Waals surface area contributed by atoms with E-state index >= 15 is 0 Å². The molecule has 1 amide bonds. The summed E-state index contributed by atoms with van der Waals surface area (Å²) in [7, 11) is 0. The minimum absolute atomic E-state index is 0.00834. The van der Waals surface area contributed by atoms with Gasteiger partial charge in [0.25, 0.3) is 0 Å². The van der Waals surface area contributed by atoms with Gasteiger partial charge in [-0.2, -0.15) is 0 Å². The Morgan fingerprint density at radius 3 is 2.16 bits per heavy atom. The third-order valence-electron chi connectivity index (χ3n) is 8.47. The number of aromatic nitrogens is 2. The van der Waals surface area contributed by atoms with Gasteiger partial charge in [-0.1, -0.05) is 114 Å². The minimum atomic E-state index is -0.340. The van der Waals surface area contributed by atoms with Crippen LogP contribution < -0.4 is 9.47 Å². The molecule has 0 saturated heterocycles. The number of carbonyl (C=O) groups excluding carboxylic acids is 2. The number of esters is 1. The molecule has 2 heterocycles. The molecule has 0 N–H and O–H groups in total. The molecule has 10 heteroatoms. The van der Waals surface area contributed by atoms with Crippen molar-refractivity contribution in [2.24, 2.45) is 0 Å². The van der Waals surface area contributed by atoms with E-state index in [9.17, 15) is 9.59 Å². The lowest BCUT2D eigenvalue weighted by Crippen LogP contribution is -2.37. The van der Waals surface area contributed by atoms with E-state index in [1.165, 1.54) is 27.6 Å². The molecule has 0 spiro atoms. The van der Waals surface area contributed by atoms with Gasteiger partial charge in [0.05, 0.1) is 16.6 Å². The lowest BCUT2D eigenvalue weighted by Gasteiger charge is -2.27. The standard InChI is InChI=1S/C24H30O2.C15H16Cl3N3O2/c1-14-9-10-16(11-15(14)2)20-18-12-17(23(3,4)5)13-19(24(6,7)8)21(18)26-22(20)25;1-2-4-20(15(22)21-5-3-19-10-21)6-7-23-14-12(17)8-11(16)9-13(14)18/h9-13,20H,1-8H3;3,5,8-10H,2,4,6-7H2,1H3. The second-order valence-electron chi connectivity index (χ2n) is 14.4. The Kier molecular flexibility index (Phi) is 12.2. The lowest BCUT2D eigenvalue weighted by molar-refractivity contribution is -0.133. The number of nitrogens with zero attached hydrogens (tertiary/aromatic N) is 3. The Morgan fingerprint density at radius 2 is 1.61 bits per heavy atom. The van der Waals surface area contributed by atoms with E-state index in [-0.39, 0.29) is 35.4 Å². The Hall–Kier alpha value is -3.52. The van der Waals surface area contributed by atoms with E-state index in [0.29, 0.717) is 33.9 Å². The van der Waals surface area contributed by atoms with E-state index in [2.05, 4.69) is 90.7 Å². The van der Waals surface area contributed by atoms with Crippen LogP contribution in [-0.2, 0) is 15.6 Å². The number of aryl methyl sites for hydroxylation is 2. The Balaban J connectivity index is 0.000000223. The van der Waals surface area contributed by atoms with Gasteiger partial charge in [-0.15, -0.1) is 0 Å². The van der Waals surface area contributed by atoms with Crippen molar-refractivity contribution in [1.82, 2.24) is 14.5 Å². The topological polar surface area (TPSA) is 73.7 Å². The van der Waals surface area contributed by atoms with Crippen molar-refractivity contribution in [3.05, 3.63) is 110 Å². The highest BCUT2D eigenvalue weighted by molar-refractivity contribution is 6.40. The molecule has 4 aromatic rings. The Labute approximate surface area is 305 Å². The number of ether oxygens (including phenoxy) is 2. The second kappa shape index (κ2) is 15.6. The van der Waals surface area contributed by atoms with Crippen LogP contribution in [0.1, 0.15) is 94.2 Å². The molecule has 1 aliphatic rings. The fourth-order valence-corrected chi connectivity index (χ4v) is 6.48. The summed E-state index contributed by atoms with van der Waals surface area (Å²) in [4.78, 5) is 30.7. The monoisotopic (exact) mass is 725 g/mol. The van der Waals surface area contributed by atoms with Crippen molar-refractivity contribution in [3.8, 4) is 11.5 Å². The zero-order valence-corrected chi connectivity index (χ0v) is 32.1. The highest BCUT2D eigenvalue weighted by Gasteiger charge is 2.39. The minimum Gasteiger partial charge on any atom is -0.489 e. The van der Waals surface area contributed by atoms with Crippen LogP contribution in [0.15, 0.2) is 61.2 Å². The molecule has 0 radical (unpaired) electrons. The first-order chi connectivity index (χ1) is 22.9. The Bertz CT molecular complexity index is 1780. The number of rotatable bonds is 7. The van der Waals surface area contributed by atoms with Gasteiger partial charge in [0.2, 0.25) is 0 Å². The van der Waals surface area contributed by atoms with Gasteiger partial charge in [-0.05, 0) is 65.5 Å². The molecular weight excluding hydrogens is 681 g/mol. The van der Waals surface area contributed by atoms with Crippen molar-refractivity contribution in [3.63, 3.8) is 0 Å². The zero-order chi connectivity index (χ0) is 36.3. The predicted molar refractivity (Wildman–Crippen MR) is 199 cm³/mol. The van der Waals surface area contributed by atoms with Crippen LogP contribution in [0, 0.1) is 13.8 Å². The molecule has 1 unspecified atom stereocenters. The molecule has 1 atom stereocenters. The molecule has 5 rings (SSSR count). The largest absolute Gasteiger partial charge is 0.489 e. The van der Waals surface area contributed by atoms with Gasteiger partial charge >= 0.3 is 12.0 Å². The zero-order valence-electron chi connectivity index (χ0n) is 29.8. The van der Waals surface area contributed by atoms with Crippen molar-refractivity contribution in [2.75, 3.05) is 19.7 Å². The highest BCUT2D eigenvalue weighted by atomic mass is 35.5. The quantitative estimate of drug-likeness (QED) is 0.140. The number of amides is 1. The molecule has 0 bridgehead atoms. The van der Waals surface area contributed by atoms with Crippen LogP contribution >= 0.6 is 34.8 Å². The number of halogens is 3. The molecule has 1 aliphatic heterocycles. The maximum absolute atomic E-state index is 12.8. The fourth-order valence-electron chi connectivity index (χ4n) is 5.55. The molecule has 49 heavy (non-hydrogen) atoms. The molecule has 3 aromatic carbocycles. The number of fused-ring (bicyclic) bond motifs is 1. The summed E-state index contributed by atoms with van der Waals surface area (Å²) in [6, 6.07) is 13.6. The van der Waals surface area contributed by atoms with Crippen LogP contribution in [0.2, 0.25) is 15.1 Å². The average molecular weight is 727 g/mol. The summed E-state index contributed by atoms with van der Waals surface area (Å²) in [6.07, 6.45) is 5.48. The molecule has 262 valence electrons. The number of hydrogen-bond acceptors (Lipinski definition) is 5. The van der Waals surface area contributed by atoms with Gasteiger partial charge in [0.1, 0.15) is 24.6 Å². The maximum atomic E-state index is 12.8. The van der Waals surface area contributed by atoms with Crippen molar-refractivity contribution < 1.29 is 19.1 Å². The molecule has 1 aromatic heterocycles. The smallest absolute Gasteiger partial charge is 0.329 e. The SMILES string of the molecule is CCCN(CCOc1c(Cl)cc(Cl)cc1Cl)C(=O)n1ccnc1.Cc1ccc(C2C(=O)Oc3c2cc(C(C)(C)C)cc3C(C)(C)C)cc1C. The number of hydrogen-bond donors (Lipinski definition) is 0. The molecule has 0 saturated carbocycles. The van der Waals surface area contributed by atoms with E-state index < -0.39 is 0 Å². The van der Waals surface area contributed by atoms with Gasteiger partial charge in [-0.25, -0.2) is 9.78 Å². The van der Waals surface area contributed by atoms with E-state index in [1.54, 1.807) is 29.4 Å². The number of imidazole rings is 1. The Morgan fingerprint density at radius 1 is 0.939 bits per heavy atom. The summed E-state index contributed by atoms with van der Waals surface area (Å²) in [5.41, 5.74) is 6.73. The molecule has 0 aliphatic carbocycles. The average Bonchev–Trinajstić information content (AvgIpc) is 3.65. The van der Waals surface area contributed by atoms with Gasteiger partial charge in [-0.3, -0.25) is 9.36 Å². The van der Waals surface area contributed by atoms with Gasteiger partial charge < -0.3 is 14.4 Å². The highest BCUT2D eigenvalue weighted by Crippen LogP contribution is 2.47. The normalized spacial score (nSPS) is 14.1. The summed E-state index contributed by atoms with van der Waals surface area (Å²) in [5, 5.41) is 1.12. The molecular formula is C39H46Cl3N3O4. The first kappa shape index (κ1) is 38.3. The first-order valence-electron chi connectivity index (χ1n) is 16.4. The summed E-state index contributed by atoms with van der Waals surface area (Å²) in [5.74, 6) is 0.621. The van der Waals surface area contributed by atoms with Crippen molar-refractivity contribution in [1.29, 1.82) is 0 Å². The molecule has 7 nitrogen and oxygen atoms in total. The second-order valence-corrected chi connectivity index (χ2v) is 15.7. The van der Waals surface area contributed by atoms with E-state index in [1.807, 2.05) is 6.92 Å². The summed E-state index contributed by atoms with van der Waals surface area (Å²) < 4.78 is 12.9. The first-order valence-corrected chi connectivity index (χ1v) is 17.6. The fraction of sp³-hybridized carbons (Fsp3) is 0.410. The third kappa shape index (κ3) is 9.19. The van der Waals surface area contributed by atoms with Crippen molar-refractivity contribution >= 4 is 46.8 Å². The van der Waals surface area contributed by atoms with Crippen molar-refractivity contribution in [2.45, 2.75) is 85.5 Å². The van der Waals surface area contributed by atoms with Crippen LogP contribution in [0.25, 0.3) is 0 Å². The van der Waals surface area contributed by atoms with Gasteiger partial charge in [0, 0.05) is 35.1 Å². The van der Waals surface area contributed by atoms with E-state index in [4.69, 9.17) is 44.3 Å². The van der Waals surface area contributed by atoms with Gasteiger partial charge in [0.15, 0.2) is 5.75 Å². The van der Waals surface area contributed by atoms with Crippen LogP contribution in [-0.4, -0.2) is 46.1 Å². The van der Waals surface area contributed by atoms with E-state index in [0.717, 1.165) is 28.9 Å².